The number of benzene rings is 1. The number of hydrogen-bond donors (Lipinski definition) is 1. The van der Waals surface area contributed by atoms with E-state index in [-0.39, 0.29) is 28.8 Å². The number of piperidine rings is 1. The van der Waals surface area contributed by atoms with Crippen LogP contribution >= 0.6 is 0 Å². The monoisotopic (exact) mass is 420 g/mol. The predicted molar refractivity (Wildman–Crippen MR) is 117 cm³/mol. The molecule has 1 aliphatic heterocycles. The first-order valence-electron chi connectivity index (χ1n) is 11.3. The molecule has 1 saturated carbocycles. The van der Waals surface area contributed by atoms with E-state index in [4.69, 9.17) is 4.98 Å². The van der Waals surface area contributed by atoms with Crippen LogP contribution in [0.4, 0.5) is 0 Å². The van der Waals surface area contributed by atoms with Gasteiger partial charge < -0.3 is 9.88 Å². The Hall–Kier alpha value is -3.03. The van der Waals surface area contributed by atoms with E-state index in [1.165, 1.54) is 6.42 Å². The van der Waals surface area contributed by atoms with Crippen LogP contribution in [0.3, 0.4) is 0 Å². The van der Waals surface area contributed by atoms with Gasteiger partial charge >= 0.3 is 0 Å². The average molecular weight is 421 g/mol. The van der Waals surface area contributed by atoms with Gasteiger partial charge in [-0.3, -0.25) is 9.59 Å². The Morgan fingerprint density at radius 3 is 2.68 bits per heavy atom. The quantitative estimate of drug-likeness (QED) is 0.700. The SMILES string of the molecule is O=C(C1CCCCC1)N1CCC[C@H](c2nc3c(nnn3Cc3ccccc3)c(=O)[nH]2)C1. The van der Waals surface area contributed by atoms with Gasteiger partial charge in [0, 0.05) is 24.9 Å². The first-order valence-corrected chi connectivity index (χ1v) is 11.3. The molecule has 1 aromatic carbocycles. The third-order valence-corrected chi connectivity index (χ3v) is 6.64. The molecular formula is C23H28N6O2. The Kier molecular flexibility index (Phi) is 5.53. The van der Waals surface area contributed by atoms with Gasteiger partial charge in [-0.15, -0.1) is 5.10 Å². The van der Waals surface area contributed by atoms with Gasteiger partial charge in [0.15, 0.2) is 11.2 Å². The van der Waals surface area contributed by atoms with Crippen molar-refractivity contribution in [2.45, 2.75) is 57.4 Å². The molecule has 162 valence electrons. The van der Waals surface area contributed by atoms with Crippen LogP contribution in [0.5, 0.6) is 0 Å². The molecule has 0 spiro atoms. The molecule has 8 nitrogen and oxygen atoms in total. The van der Waals surface area contributed by atoms with Gasteiger partial charge in [-0.2, -0.15) is 0 Å². The lowest BCUT2D eigenvalue weighted by atomic mass is 9.87. The fourth-order valence-electron chi connectivity index (χ4n) is 4.95. The number of nitrogens with zero attached hydrogens (tertiary/aromatic N) is 5. The van der Waals surface area contributed by atoms with Crippen molar-refractivity contribution in [1.82, 2.24) is 29.9 Å². The predicted octanol–water partition coefficient (Wildman–Crippen LogP) is 2.85. The largest absolute Gasteiger partial charge is 0.342 e. The molecule has 1 atom stereocenters. The van der Waals surface area contributed by atoms with Crippen molar-refractivity contribution in [3.8, 4) is 0 Å². The second kappa shape index (κ2) is 8.61. The zero-order valence-corrected chi connectivity index (χ0v) is 17.7. The van der Waals surface area contributed by atoms with Gasteiger partial charge in [0.2, 0.25) is 5.91 Å². The number of aromatic nitrogens is 5. The number of fused-ring (bicyclic) bond motifs is 1. The number of nitrogens with one attached hydrogen (secondary N) is 1. The highest BCUT2D eigenvalue weighted by Gasteiger charge is 2.31. The van der Waals surface area contributed by atoms with E-state index in [0.717, 1.165) is 50.6 Å². The normalized spacial score (nSPS) is 20.3. The fraction of sp³-hybridized carbons (Fsp3) is 0.522. The number of carbonyl (C=O) groups excluding carboxylic acids is 1. The van der Waals surface area contributed by atoms with E-state index in [0.29, 0.717) is 24.6 Å². The van der Waals surface area contributed by atoms with Crippen LogP contribution in [0.1, 0.15) is 62.3 Å². The van der Waals surface area contributed by atoms with E-state index in [1.807, 2.05) is 35.2 Å². The zero-order chi connectivity index (χ0) is 21.2. The Bertz CT molecular complexity index is 1120. The molecule has 31 heavy (non-hydrogen) atoms. The molecular weight excluding hydrogens is 392 g/mol. The van der Waals surface area contributed by atoms with Crippen molar-refractivity contribution >= 4 is 17.1 Å². The number of amides is 1. The highest BCUT2D eigenvalue weighted by atomic mass is 16.2. The fourth-order valence-corrected chi connectivity index (χ4v) is 4.95. The highest BCUT2D eigenvalue weighted by molar-refractivity contribution is 5.79. The van der Waals surface area contributed by atoms with Gasteiger partial charge in [0.25, 0.3) is 5.56 Å². The Labute approximate surface area is 180 Å². The van der Waals surface area contributed by atoms with Gasteiger partial charge in [0.05, 0.1) is 6.54 Å². The van der Waals surface area contributed by atoms with E-state index in [9.17, 15) is 9.59 Å². The zero-order valence-electron chi connectivity index (χ0n) is 17.7. The van der Waals surface area contributed by atoms with Crippen LogP contribution in [0.15, 0.2) is 35.1 Å². The molecule has 1 N–H and O–H groups in total. The molecule has 5 rings (SSSR count). The summed E-state index contributed by atoms with van der Waals surface area (Å²) >= 11 is 0. The molecule has 0 bridgehead atoms. The van der Waals surface area contributed by atoms with E-state index in [1.54, 1.807) is 4.68 Å². The molecule has 0 unspecified atom stereocenters. The van der Waals surface area contributed by atoms with Crippen LogP contribution < -0.4 is 5.56 Å². The molecule has 0 radical (unpaired) electrons. The number of H-pyrrole nitrogens is 1. The van der Waals surface area contributed by atoms with Crippen LogP contribution in [-0.4, -0.2) is 48.9 Å². The molecule has 2 fully saturated rings. The van der Waals surface area contributed by atoms with Crippen LogP contribution in [-0.2, 0) is 11.3 Å². The van der Waals surface area contributed by atoms with Crippen molar-refractivity contribution in [2.75, 3.05) is 13.1 Å². The molecule has 1 amide bonds. The summed E-state index contributed by atoms with van der Waals surface area (Å²) in [5.74, 6) is 1.11. The molecule has 1 saturated heterocycles. The van der Waals surface area contributed by atoms with Crippen molar-refractivity contribution in [3.63, 3.8) is 0 Å². The van der Waals surface area contributed by atoms with Gasteiger partial charge in [-0.05, 0) is 31.2 Å². The van der Waals surface area contributed by atoms with E-state index in [2.05, 4.69) is 15.3 Å². The number of likely N-dealkylation sites (tertiary alicyclic amines) is 1. The maximum Gasteiger partial charge on any atom is 0.281 e. The lowest BCUT2D eigenvalue weighted by Crippen LogP contribution is -2.43. The highest BCUT2D eigenvalue weighted by Crippen LogP contribution is 2.30. The summed E-state index contributed by atoms with van der Waals surface area (Å²) in [7, 11) is 0. The first-order chi connectivity index (χ1) is 15.2. The lowest BCUT2D eigenvalue weighted by molar-refractivity contribution is -0.137. The topological polar surface area (TPSA) is 96.8 Å². The Morgan fingerprint density at radius 2 is 1.87 bits per heavy atom. The summed E-state index contributed by atoms with van der Waals surface area (Å²) in [6.07, 6.45) is 7.38. The molecule has 3 aromatic rings. The third kappa shape index (κ3) is 4.11. The van der Waals surface area contributed by atoms with Crippen LogP contribution in [0.25, 0.3) is 11.2 Å². The second-order valence-corrected chi connectivity index (χ2v) is 8.81. The van der Waals surface area contributed by atoms with E-state index >= 15 is 0 Å². The summed E-state index contributed by atoms with van der Waals surface area (Å²) in [4.78, 5) is 35.4. The number of carbonyl (C=O) groups is 1. The van der Waals surface area contributed by atoms with Crippen molar-refractivity contribution < 1.29 is 4.79 Å². The Balaban J connectivity index is 1.39. The molecule has 1 aliphatic carbocycles. The summed E-state index contributed by atoms with van der Waals surface area (Å²) in [6.45, 7) is 1.92. The van der Waals surface area contributed by atoms with Crippen LogP contribution in [0.2, 0.25) is 0 Å². The number of hydrogen-bond acceptors (Lipinski definition) is 5. The molecule has 2 aromatic heterocycles. The first kappa shape index (κ1) is 19.9. The second-order valence-electron chi connectivity index (χ2n) is 8.81. The summed E-state index contributed by atoms with van der Waals surface area (Å²) in [6, 6.07) is 9.93. The van der Waals surface area contributed by atoms with Crippen molar-refractivity contribution in [1.29, 1.82) is 0 Å². The maximum atomic E-state index is 13.0. The summed E-state index contributed by atoms with van der Waals surface area (Å²) < 4.78 is 1.68. The average Bonchev–Trinajstić information content (AvgIpc) is 3.23. The number of aromatic amines is 1. The Morgan fingerprint density at radius 1 is 1.06 bits per heavy atom. The lowest BCUT2D eigenvalue weighted by Gasteiger charge is -2.35. The van der Waals surface area contributed by atoms with Crippen LogP contribution in [0, 0.1) is 5.92 Å². The third-order valence-electron chi connectivity index (χ3n) is 6.64. The van der Waals surface area contributed by atoms with Crippen molar-refractivity contribution in [3.05, 3.63) is 52.1 Å². The summed E-state index contributed by atoms with van der Waals surface area (Å²) in [5.41, 5.74) is 1.55. The number of rotatable bonds is 4. The van der Waals surface area contributed by atoms with E-state index < -0.39 is 0 Å². The maximum absolute atomic E-state index is 13.0. The standard InChI is InChI=1S/C23H28N6O2/c30-22-19-21(29(27-26-19)14-16-8-3-1-4-9-16)24-20(25-22)18-12-7-13-28(15-18)23(31)17-10-5-2-6-11-17/h1,3-4,8-9,17-18H,2,5-7,10-15H2,(H,24,25,30)/t18-/m0/s1. The minimum absolute atomic E-state index is 0.0264. The minimum Gasteiger partial charge on any atom is -0.342 e. The molecule has 3 heterocycles. The smallest absolute Gasteiger partial charge is 0.281 e. The van der Waals surface area contributed by atoms with Gasteiger partial charge in [-0.25, -0.2) is 9.67 Å². The molecule has 2 aliphatic rings. The van der Waals surface area contributed by atoms with Gasteiger partial charge in [0.1, 0.15) is 5.82 Å². The van der Waals surface area contributed by atoms with Crippen molar-refractivity contribution in [2.24, 2.45) is 5.92 Å². The summed E-state index contributed by atoms with van der Waals surface area (Å²) in [5, 5.41) is 8.21. The van der Waals surface area contributed by atoms with Gasteiger partial charge in [-0.1, -0.05) is 54.8 Å². The molecule has 8 heteroatoms. The minimum atomic E-state index is -0.268.